The molecule has 21 heavy (non-hydrogen) atoms. The fourth-order valence-electron chi connectivity index (χ4n) is 3.26. The topological polar surface area (TPSA) is 35.9 Å². The van der Waals surface area contributed by atoms with Crippen LogP contribution >= 0.6 is 11.6 Å². The van der Waals surface area contributed by atoms with Crippen molar-refractivity contribution in [2.45, 2.75) is 6.42 Å². The second kappa shape index (κ2) is 6.53. The number of ether oxygens (including phenoxy) is 1. The largest absolute Gasteiger partial charge is 0.396 e. The quantitative estimate of drug-likeness (QED) is 0.921. The third kappa shape index (κ3) is 3.51. The van der Waals surface area contributed by atoms with Gasteiger partial charge in [0.05, 0.1) is 13.2 Å². The van der Waals surface area contributed by atoms with Crippen molar-refractivity contribution in [2.75, 3.05) is 57.4 Å². The molecule has 0 saturated carbocycles. The number of aliphatic hydroxyl groups excluding tert-OH is 1. The molecule has 0 bridgehead atoms. The lowest BCUT2D eigenvalue weighted by molar-refractivity contribution is 0.0549. The van der Waals surface area contributed by atoms with Gasteiger partial charge in [0, 0.05) is 55.5 Å². The minimum Gasteiger partial charge on any atom is -0.396 e. The van der Waals surface area contributed by atoms with Gasteiger partial charge in [0.2, 0.25) is 0 Å². The Labute approximate surface area is 131 Å². The van der Waals surface area contributed by atoms with Crippen molar-refractivity contribution in [1.82, 2.24) is 4.90 Å². The van der Waals surface area contributed by atoms with Crippen molar-refractivity contribution >= 4 is 17.3 Å². The van der Waals surface area contributed by atoms with Crippen LogP contribution in [0.1, 0.15) is 6.42 Å². The second-order valence-electron chi connectivity index (χ2n) is 6.20. The number of piperazine rings is 1. The molecule has 2 heterocycles. The zero-order valence-electron chi connectivity index (χ0n) is 12.3. The fourth-order valence-corrected chi connectivity index (χ4v) is 3.44. The SMILES string of the molecule is OCC1(CN2CCN(c3cccc(Cl)c3)CC2)CCOC1. The van der Waals surface area contributed by atoms with Crippen molar-refractivity contribution in [3.05, 3.63) is 29.3 Å². The Morgan fingerprint density at radius 1 is 1.24 bits per heavy atom. The van der Waals surface area contributed by atoms with E-state index in [4.69, 9.17) is 16.3 Å². The van der Waals surface area contributed by atoms with E-state index in [2.05, 4.69) is 15.9 Å². The van der Waals surface area contributed by atoms with E-state index >= 15 is 0 Å². The van der Waals surface area contributed by atoms with E-state index in [-0.39, 0.29) is 12.0 Å². The monoisotopic (exact) mass is 310 g/mol. The molecule has 4 nitrogen and oxygen atoms in total. The Kier molecular flexibility index (Phi) is 4.69. The smallest absolute Gasteiger partial charge is 0.0557 e. The Bertz CT molecular complexity index is 469. The van der Waals surface area contributed by atoms with E-state index in [1.165, 1.54) is 5.69 Å². The van der Waals surface area contributed by atoms with E-state index in [0.29, 0.717) is 6.61 Å². The maximum Gasteiger partial charge on any atom is 0.0557 e. The molecule has 2 aliphatic rings. The van der Waals surface area contributed by atoms with E-state index in [0.717, 1.165) is 50.8 Å². The summed E-state index contributed by atoms with van der Waals surface area (Å²) in [5, 5.41) is 10.5. The van der Waals surface area contributed by atoms with Crippen LogP contribution in [0, 0.1) is 5.41 Å². The predicted octanol–water partition coefficient (Wildman–Crippen LogP) is 1.86. The van der Waals surface area contributed by atoms with Crippen LogP contribution in [0.3, 0.4) is 0 Å². The molecule has 1 atom stereocenters. The lowest BCUT2D eigenvalue weighted by Gasteiger charge is -2.40. The van der Waals surface area contributed by atoms with Crippen molar-refractivity contribution in [2.24, 2.45) is 5.41 Å². The van der Waals surface area contributed by atoms with Crippen LogP contribution < -0.4 is 4.90 Å². The van der Waals surface area contributed by atoms with Crippen LogP contribution in [0.5, 0.6) is 0 Å². The average molecular weight is 311 g/mol. The van der Waals surface area contributed by atoms with Gasteiger partial charge in [0.15, 0.2) is 0 Å². The number of benzene rings is 1. The van der Waals surface area contributed by atoms with Crippen molar-refractivity contribution in [1.29, 1.82) is 0 Å². The first-order valence-electron chi connectivity index (χ1n) is 7.62. The molecule has 0 aromatic heterocycles. The molecule has 2 aliphatic heterocycles. The molecule has 116 valence electrons. The summed E-state index contributed by atoms with van der Waals surface area (Å²) in [7, 11) is 0. The summed E-state index contributed by atoms with van der Waals surface area (Å²) >= 11 is 6.06. The van der Waals surface area contributed by atoms with Gasteiger partial charge in [-0.05, 0) is 24.6 Å². The molecule has 3 rings (SSSR count). The summed E-state index contributed by atoms with van der Waals surface area (Å²) in [5.74, 6) is 0. The van der Waals surface area contributed by atoms with Crippen LogP contribution in [-0.2, 0) is 4.74 Å². The van der Waals surface area contributed by atoms with Crippen molar-refractivity contribution < 1.29 is 9.84 Å². The van der Waals surface area contributed by atoms with Crippen LogP contribution in [0.25, 0.3) is 0 Å². The molecule has 1 N–H and O–H groups in total. The lowest BCUT2D eigenvalue weighted by Crippen LogP contribution is -2.51. The van der Waals surface area contributed by atoms with E-state index < -0.39 is 0 Å². The minimum atomic E-state index is -0.0434. The standard InChI is InChI=1S/C16H23ClN2O2/c17-14-2-1-3-15(10-14)19-7-5-18(6-8-19)11-16(12-20)4-9-21-13-16/h1-3,10,20H,4-9,11-13H2. The predicted molar refractivity (Wildman–Crippen MR) is 85.1 cm³/mol. The number of anilines is 1. The first-order valence-corrected chi connectivity index (χ1v) is 8.00. The number of rotatable bonds is 4. The van der Waals surface area contributed by atoms with E-state index in [1.807, 2.05) is 18.2 Å². The van der Waals surface area contributed by atoms with Gasteiger partial charge in [-0.25, -0.2) is 0 Å². The third-order valence-electron chi connectivity index (χ3n) is 4.63. The van der Waals surface area contributed by atoms with E-state index in [9.17, 15) is 5.11 Å². The first kappa shape index (κ1) is 15.1. The summed E-state index contributed by atoms with van der Waals surface area (Å²) in [6.45, 7) is 6.68. The van der Waals surface area contributed by atoms with Gasteiger partial charge in [0.25, 0.3) is 0 Å². The van der Waals surface area contributed by atoms with Gasteiger partial charge >= 0.3 is 0 Å². The molecule has 1 aromatic carbocycles. The van der Waals surface area contributed by atoms with Gasteiger partial charge in [-0.2, -0.15) is 0 Å². The third-order valence-corrected chi connectivity index (χ3v) is 4.86. The molecular weight excluding hydrogens is 288 g/mol. The van der Waals surface area contributed by atoms with Gasteiger partial charge in [0.1, 0.15) is 0 Å². The molecule has 1 unspecified atom stereocenters. The zero-order valence-corrected chi connectivity index (χ0v) is 13.1. The first-order chi connectivity index (χ1) is 10.2. The summed E-state index contributed by atoms with van der Waals surface area (Å²) in [5.41, 5.74) is 1.15. The average Bonchev–Trinajstić information content (AvgIpc) is 2.97. The van der Waals surface area contributed by atoms with Crippen LogP contribution in [0.4, 0.5) is 5.69 Å². The van der Waals surface area contributed by atoms with Crippen LogP contribution in [-0.4, -0.2) is 62.6 Å². The number of hydrogen-bond acceptors (Lipinski definition) is 4. The number of nitrogens with zero attached hydrogens (tertiary/aromatic N) is 2. The number of hydrogen-bond donors (Lipinski definition) is 1. The molecule has 2 saturated heterocycles. The molecule has 1 aromatic rings. The molecule has 0 radical (unpaired) electrons. The van der Waals surface area contributed by atoms with Gasteiger partial charge in [-0.1, -0.05) is 17.7 Å². The highest BCUT2D eigenvalue weighted by Gasteiger charge is 2.36. The summed E-state index contributed by atoms with van der Waals surface area (Å²) in [6.07, 6.45) is 0.970. The highest BCUT2D eigenvalue weighted by Crippen LogP contribution is 2.30. The molecule has 0 spiro atoms. The van der Waals surface area contributed by atoms with E-state index in [1.54, 1.807) is 0 Å². The Hall–Kier alpha value is -0.810. The minimum absolute atomic E-state index is 0.0434. The Morgan fingerprint density at radius 2 is 2.05 bits per heavy atom. The molecule has 5 heteroatoms. The number of aliphatic hydroxyl groups is 1. The van der Waals surface area contributed by atoms with Gasteiger partial charge < -0.3 is 14.7 Å². The van der Waals surface area contributed by atoms with Crippen LogP contribution in [0.2, 0.25) is 5.02 Å². The lowest BCUT2D eigenvalue weighted by atomic mass is 9.87. The maximum atomic E-state index is 9.68. The van der Waals surface area contributed by atoms with Gasteiger partial charge in [-0.15, -0.1) is 0 Å². The van der Waals surface area contributed by atoms with Crippen molar-refractivity contribution in [3.63, 3.8) is 0 Å². The summed E-state index contributed by atoms with van der Waals surface area (Å²) < 4.78 is 5.48. The van der Waals surface area contributed by atoms with Crippen LogP contribution in [0.15, 0.2) is 24.3 Å². The molecular formula is C16H23ClN2O2. The molecule has 0 amide bonds. The second-order valence-corrected chi connectivity index (χ2v) is 6.64. The molecule has 0 aliphatic carbocycles. The van der Waals surface area contributed by atoms with Crippen molar-refractivity contribution in [3.8, 4) is 0 Å². The summed E-state index contributed by atoms with van der Waals surface area (Å²) in [4.78, 5) is 4.82. The highest BCUT2D eigenvalue weighted by molar-refractivity contribution is 6.30. The molecule has 2 fully saturated rings. The Balaban J connectivity index is 1.55. The Morgan fingerprint density at radius 3 is 2.67 bits per heavy atom. The normalized spacial score (nSPS) is 27.2. The maximum absolute atomic E-state index is 9.68. The summed E-state index contributed by atoms with van der Waals surface area (Å²) in [6, 6.07) is 8.05. The number of halogens is 1. The fraction of sp³-hybridized carbons (Fsp3) is 0.625. The van der Waals surface area contributed by atoms with Gasteiger partial charge in [-0.3, -0.25) is 4.90 Å². The highest BCUT2D eigenvalue weighted by atomic mass is 35.5. The zero-order chi connectivity index (χ0) is 14.7.